The monoisotopic (exact) mass is 438 g/mol. The lowest BCUT2D eigenvalue weighted by atomic mass is 9.74. The van der Waals surface area contributed by atoms with Crippen LogP contribution in [0.1, 0.15) is 89.7 Å². The van der Waals surface area contributed by atoms with E-state index in [4.69, 9.17) is 4.74 Å². The third kappa shape index (κ3) is 8.09. The fourth-order valence-corrected chi connectivity index (χ4v) is 4.99. The number of carbonyl (C=O) groups excluding carboxylic acids is 1. The van der Waals surface area contributed by atoms with E-state index in [-0.39, 0.29) is 16.9 Å². The van der Waals surface area contributed by atoms with Crippen LogP contribution in [0.15, 0.2) is 60.7 Å². The minimum absolute atomic E-state index is 0.0585. The molecule has 176 valence electrons. The number of benzene rings is 2. The summed E-state index contributed by atoms with van der Waals surface area (Å²) in [5.74, 6) is 0. The molecule has 0 spiro atoms. The molecular formula is C29H42O3. The number of aliphatic hydroxyl groups excluding tert-OH is 1. The van der Waals surface area contributed by atoms with Crippen LogP contribution in [0.4, 0.5) is 0 Å². The van der Waals surface area contributed by atoms with Crippen molar-refractivity contribution in [3.63, 3.8) is 0 Å². The van der Waals surface area contributed by atoms with Crippen LogP contribution in [0.2, 0.25) is 0 Å². The molecule has 0 bridgehead atoms. The van der Waals surface area contributed by atoms with Crippen LogP contribution in [-0.4, -0.2) is 24.3 Å². The first-order valence-corrected chi connectivity index (χ1v) is 12.3. The number of hydrogen-bond donors (Lipinski definition) is 1. The van der Waals surface area contributed by atoms with Crippen LogP contribution in [0, 0.1) is 0 Å². The van der Waals surface area contributed by atoms with Gasteiger partial charge in [0.15, 0.2) is 0 Å². The highest BCUT2D eigenvalue weighted by Crippen LogP contribution is 2.36. The molecule has 3 atom stereocenters. The van der Waals surface area contributed by atoms with Crippen LogP contribution >= 0.6 is 0 Å². The number of rotatable bonds is 16. The summed E-state index contributed by atoms with van der Waals surface area (Å²) in [7, 11) is 0. The Morgan fingerprint density at radius 2 is 1.28 bits per heavy atom. The van der Waals surface area contributed by atoms with Crippen molar-refractivity contribution < 1.29 is 14.6 Å². The number of hydrogen-bond acceptors (Lipinski definition) is 3. The number of aliphatic hydroxyl groups is 1. The van der Waals surface area contributed by atoms with E-state index in [0.717, 1.165) is 44.9 Å². The smallest absolute Gasteiger partial charge is 0.293 e. The van der Waals surface area contributed by atoms with Gasteiger partial charge in [0, 0.05) is 0 Å². The lowest BCUT2D eigenvalue weighted by Gasteiger charge is -2.31. The quantitative estimate of drug-likeness (QED) is 0.227. The Labute approximate surface area is 195 Å². The Morgan fingerprint density at radius 1 is 0.812 bits per heavy atom. The normalized spacial score (nSPS) is 16.0. The van der Waals surface area contributed by atoms with Gasteiger partial charge in [-0.2, -0.15) is 0 Å². The summed E-state index contributed by atoms with van der Waals surface area (Å²) < 4.78 is 4.99. The van der Waals surface area contributed by atoms with E-state index in [1.165, 1.54) is 24.0 Å². The minimum atomic E-state index is -0.261. The van der Waals surface area contributed by atoms with E-state index in [2.05, 4.69) is 75.4 Å². The van der Waals surface area contributed by atoms with Gasteiger partial charge in [-0.3, -0.25) is 4.79 Å². The van der Waals surface area contributed by atoms with Crippen molar-refractivity contribution in [1.29, 1.82) is 0 Å². The highest BCUT2D eigenvalue weighted by Gasteiger charge is 2.27. The molecule has 0 aliphatic carbocycles. The first kappa shape index (κ1) is 26.1. The van der Waals surface area contributed by atoms with Crippen LogP contribution in [0.25, 0.3) is 0 Å². The maximum Gasteiger partial charge on any atom is 0.293 e. The van der Waals surface area contributed by atoms with Crippen molar-refractivity contribution in [2.45, 2.75) is 95.5 Å². The summed E-state index contributed by atoms with van der Waals surface area (Å²) in [5.41, 5.74) is 2.80. The molecule has 0 saturated carbocycles. The Bertz CT molecular complexity index is 760. The molecule has 2 aromatic carbocycles. The second-order valence-electron chi connectivity index (χ2n) is 9.76. The third-order valence-electron chi connectivity index (χ3n) is 7.11. The molecule has 32 heavy (non-hydrogen) atoms. The topological polar surface area (TPSA) is 46.5 Å². The van der Waals surface area contributed by atoms with Crippen molar-refractivity contribution >= 4 is 6.47 Å². The molecule has 0 amide bonds. The fourth-order valence-electron chi connectivity index (χ4n) is 4.99. The lowest BCUT2D eigenvalue weighted by Crippen LogP contribution is -2.25. The van der Waals surface area contributed by atoms with Gasteiger partial charge in [0.1, 0.15) is 0 Å². The van der Waals surface area contributed by atoms with E-state index in [1.54, 1.807) is 0 Å². The van der Waals surface area contributed by atoms with Gasteiger partial charge >= 0.3 is 0 Å². The van der Waals surface area contributed by atoms with Crippen molar-refractivity contribution in [3.8, 4) is 0 Å². The van der Waals surface area contributed by atoms with Crippen LogP contribution in [0.3, 0.4) is 0 Å². The summed E-state index contributed by atoms with van der Waals surface area (Å²) in [6, 6.07) is 21.3. The van der Waals surface area contributed by atoms with E-state index in [0.29, 0.717) is 13.1 Å². The zero-order valence-electron chi connectivity index (χ0n) is 20.3. The summed E-state index contributed by atoms with van der Waals surface area (Å²) in [6.07, 6.45) is 8.59. The molecule has 0 aliphatic rings. The third-order valence-corrected chi connectivity index (χ3v) is 7.11. The molecular weight excluding hydrogens is 396 g/mol. The first-order valence-electron chi connectivity index (χ1n) is 12.3. The zero-order chi connectivity index (χ0) is 23.3. The van der Waals surface area contributed by atoms with Crippen LogP contribution < -0.4 is 0 Å². The second-order valence-corrected chi connectivity index (χ2v) is 9.76. The molecule has 3 nitrogen and oxygen atoms in total. The standard InChI is InChI=1S/C29H42O3/c1-4-19-28(2,25-13-7-5-8-14-25)20-11-17-27(31)18-12-21-29(3,22-23-32-24-30)26-15-9-6-10-16-26/h5-10,13-16,24,27,31H,4,11-12,17-23H2,1-3H3. The maximum atomic E-state index is 10.7. The Balaban J connectivity index is 1.84. The average Bonchev–Trinajstić information content (AvgIpc) is 2.80. The van der Waals surface area contributed by atoms with Gasteiger partial charge in [0.2, 0.25) is 0 Å². The van der Waals surface area contributed by atoms with E-state index in [9.17, 15) is 9.90 Å². The zero-order valence-corrected chi connectivity index (χ0v) is 20.3. The van der Waals surface area contributed by atoms with Crippen LogP contribution in [0.5, 0.6) is 0 Å². The lowest BCUT2D eigenvalue weighted by molar-refractivity contribution is -0.129. The Hall–Kier alpha value is -2.13. The van der Waals surface area contributed by atoms with Gasteiger partial charge in [-0.05, 0) is 60.5 Å². The van der Waals surface area contributed by atoms with E-state index in [1.807, 2.05) is 6.07 Å². The Kier molecular flexibility index (Phi) is 11.0. The molecule has 0 saturated heterocycles. The summed E-state index contributed by atoms with van der Waals surface area (Å²) >= 11 is 0. The molecule has 0 aromatic heterocycles. The summed E-state index contributed by atoms with van der Waals surface area (Å²) in [4.78, 5) is 10.6. The van der Waals surface area contributed by atoms with Crippen molar-refractivity contribution in [3.05, 3.63) is 71.8 Å². The highest BCUT2D eigenvalue weighted by molar-refractivity contribution is 5.37. The summed E-state index contributed by atoms with van der Waals surface area (Å²) in [5, 5.41) is 10.7. The average molecular weight is 439 g/mol. The number of ether oxygens (including phenoxy) is 1. The molecule has 0 fully saturated rings. The molecule has 1 N–H and O–H groups in total. The van der Waals surface area contributed by atoms with Gasteiger partial charge in [-0.15, -0.1) is 0 Å². The van der Waals surface area contributed by atoms with Crippen LogP contribution in [-0.2, 0) is 20.4 Å². The predicted molar refractivity (Wildman–Crippen MR) is 133 cm³/mol. The second kappa shape index (κ2) is 13.4. The minimum Gasteiger partial charge on any atom is -0.468 e. The fraction of sp³-hybridized carbons (Fsp3) is 0.552. The molecule has 0 radical (unpaired) electrons. The largest absolute Gasteiger partial charge is 0.468 e. The molecule has 2 rings (SSSR count). The molecule has 0 heterocycles. The van der Waals surface area contributed by atoms with Crippen molar-refractivity contribution in [2.75, 3.05) is 6.61 Å². The highest BCUT2D eigenvalue weighted by atomic mass is 16.5. The maximum absolute atomic E-state index is 10.7. The van der Waals surface area contributed by atoms with Gasteiger partial charge in [-0.1, -0.05) is 101 Å². The van der Waals surface area contributed by atoms with Crippen molar-refractivity contribution in [1.82, 2.24) is 0 Å². The molecule has 3 heteroatoms. The van der Waals surface area contributed by atoms with Gasteiger partial charge in [0.05, 0.1) is 12.7 Å². The van der Waals surface area contributed by atoms with Crippen molar-refractivity contribution in [2.24, 2.45) is 0 Å². The van der Waals surface area contributed by atoms with Gasteiger partial charge in [0.25, 0.3) is 6.47 Å². The summed E-state index contributed by atoms with van der Waals surface area (Å²) in [6.45, 7) is 7.80. The molecule has 2 aromatic rings. The molecule has 0 aliphatic heterocycles. The predicted octanol–water partition coefficient (Wildman–Crippen LogP) is 6.97. The van der Waals surface area contributed by atoms with Gasteiger partial charge in [-0.25, -0.2) is 0 Å². The van der Waals surface area contributed by atoms with E-state index < -0.39 is 0 Å². The first-order chi connectivity index (χ1) is 15.4. The SMILES string of the molecule is CCCC(C)(CCCC(O)CCCC(C)(CCOC=O)c1ccccc1)c1ccccc1. The molecule has 3 unspecified atom stereocenters. The van der Waals surface area contributed by atoms with E-state index >= 15 is 0 Å². The van der Waals surface area contributed by atoms with Gasteiger partial charge < -0.3 is 9.84 Å². The number of carbonyl (C=O) groups is 1. The Morgan fingerprint density at radius 3 is 1.72 bits per heavy atom.